The van der Waals surface area contributed by atoms with Crippen molar-refractivity contribution in [2.45, 2.75) is 13.0 Å². The number of esters is 1. The Labute approximate surface area is 151 Å². The predicted molar refractivity (Wildman–Crippen MR) is 94.1 cm³/mol. The summed E-state index contributed by atoms with van der Waals surface area (Å²) < 4.78 is 5.83. The van der Waals surface area contributed by atoms with Crippen molar-refractivity contribution in [1.29, 1.82) is 0 Å². The SMILES string of the molecule is CC(OC(=O)c1cc(Br)ccc1Cl)C(=O)Nc1ccccc1Cl. The molecule has 0 spiro atoms. The lowest BCUT2D eigenvalue weighted by Gasteiger charge is -2.14. The van der Waals surface area contributed by atoms with Crippen molar-refractivity contribution in [3.63, 3.8) is 0 Å². The molecule has 7 heteroatoms. The van der Waals surface area contributed by atoms with E-state index in [0.717, 1.165) is 0 Å². The van der Waals surface area contributed by atoms with Gasteiger partial charge in [0.1, 0.15) is 0 Å². The average Bonchev–Trinajstić information content (AvgIpc) is 2.51. The minimum atomic E-state index is -1.01. The van der Waals surface area contributed by atoms with Crippen LogP contribution in [0, 0.1) is 0 Å². The Kier molecular flexibility index (Phi) is 6.04. The molecule has 2 rings (SSSR count). The summed E-state index contributed by atoms with van der Waals surface area (Å²) >= 11 is 15.2. The van der Waals surface area contributed by atoms with Crippen molar-refractivity contribution in [3.8, 4) is 0 Å². The van der Waals surface area contributed by atoms with Crippen LogP contribution in [0.15, 0.2) is 46.9 Å². The maximum absolute atomic E-state index is 12.1. The number of hydrogen-bond donors (Lipinski definition) is 1. The van der Waals surface area contributed by atoms with Gasteiger partial charge in [-0.25, -0.2) is 4.79 Å². The van der Waals surface area contributed by atoms with Gasteiger partial charge in [0.15, 0.2) is 6.10 Å². The summed E-state index contributed by atoms with van der Waals surface area (Å²) in [7, 11) is 0. The lowest BCUT2D eigenvalue weighted by molar-refractivity contribution is -0.123. The van der Waals surface area contributed by atoms with E-state index in [9.17, 15) is 9.59 Å². The third-order valence-electron chi connectivity index (χ3n) is 2.93. The van der Waals surface area contributed by atoms with Crippen LogP contribution in [0.1, 0.15) is 17.3 Å². The molecule has 0 fully saturated rings. The topological polar surface area (TPSA) is 55.4 Å². The molecule has 0 aliphatic carbocycles. The number of benzene rings is 2. The van der Waals surface area contributed by atoms with Gasteiger partial charge in [-0.05, 0) is 37.3 Å². The van der Waals surface area contributed by atoms with Gasteiger partial charge in [0.25, 0.3) is 5.91 Å². The number of carbonyl (C=O) groups excluding carboxylic acids is 2. The second-order valence-electron chi connectivity index (χ2n) is 4.64. The zero-order valence-corrected chi connectivity index (χ0v) is 15.1. The van der Waals surface area contributed by atoms with Gasteiger partial charge >= 0.3 is 5.97 Å². The van der Waals surface area contributed by atoms with Crippen LogP contribution in [0.4, 0.5) is 5.69 Å². The smallest absolute Gasteiger partial charge is 0.340 e. The Morgan fingerprint density at radius 2 is 1.83 bits per heavy atom. The summed E-state index contributed by atoms with van der Waals surface area (Å²) in [6, 6.07) is 11.6. The van der Waals surface area contributed by atoms with Gasteiger partial charge < -0.3 is 10.1 Å². The molecular formula is C16H12BrCl2NO3. The quantitative estimate of drug-likeness (QED) is 0.718. The predicted octanol–water partition coefficient (Wildman–Crippen LogP) is 4.94. The highest BCUT2D eigenvalue weighted by Gasteiger charge is 2.21. The number of anilines is 1. The molecular weight excluding hydrogens is 405 g/mol. The number of rotatable bonds is 4. The number of hydrogen-bond acceptors (Lipinski definition) is 3. The molecule has 1 amide bonds. The van der Waals surface area contributed by atoms with Gasteiger partial charge in [-0.1, -0.05) is 51.3 Å². The molecule has 0 saturated heterocycles. The van der Waals surface area contributed by atoms with E-state index < -0.39 is 18.0 Å². The van der Waals surface area contributed by atoms with E-state index in [-0.39, 0.29) is 10.6 Å². The van der Waals surface area contributed by atoms with Crippen molar-refractivity contribution < 1.29 is 14.3 Å². The molecule has 120 valence electrons. The molecule has 0 radical (unpaired) electrons. The van der Waals surface area contributed by atoms with E-state index in [0.29, 0.717) is 15.2 Å². The van der Waals surface area contributed by atoms with Crippen molar-refractivity contribution in [2.75, 3.05) is 5.32 Å². The molecule has 1 unspecified atom stereocenters. The van der Waals surface area contributed by atoms with E-state index >= 15 is 0 Å². The highest BCUT2D eigenvalue weighted by Crippen LogP contribution is 2.23. The normalized spacial score (nSPS) is 11.7. The lowest BCUT2D eigenvalue weighted by atomic mass is 10.2. The zero-order valence-electron chi connectivity index (χ0n) is 12.0. The molecule has 23 heavy (non-hydrogen) atoms. The van der Waals surface area contributed by atoms with Crippen LogP contribution in [0.3, 0.4) is 0 Å². The highest BCUT2D eigenvalue weighted by molar-refractivity contribution is 9.10. The first-order valence-electron chi connectivity index (χ1n) is 6.60. The first-order chi connectivity index (χ1) is 10.9. The summed E-state index contributed by atoms with van der Waals surface area (Å²) in [5.41, 5.74) is 0.626. The second-order valence-corrected chi connectivity index (χ2v) is 6.37. The number of para-hydroxylation sites is 1. The Hall–Kier alpha value is -1.56. The molecule has 1 N–H and O–H groups in total. The molecule has 0 aliphatic heterocycles. The maximum Gasteiger partial charge on any atom is 0.340 e. The van der Waals surface area contributed by atoms with Gasteiger partial charge in [-0.2, -0.15) is 0 Å². The summed E-state index contributed by atoms with van der Waals surface area (Å²) in [5, 5.41) is 3.25. The Balaban J connectivity index is 2.05. The van der Waals surface area contributed by atoms with Gasteiger partial charge in [0.2, 0.25) is 0 Å². The van der Waals surface area contributed by atoms with Gasteiger partial charge in [0, 0.05) is 4.47 Å². The molecule has 2 aromatic rings. The fraction of sp³-hybridized carbons (Fsp3) is 0.125. The van der Waals surface area contributed by atoms with Crippen molar-refractivity contribution in [2.24, 2.45) is 0 Å². The fourth-order valence-electron chi connectivity index (χ4n) is 1.73. The molecule has 1 atom stereocenters. The number of carbonyl (C=O) groups is 2. The van der Waals surface area contributed by atoms with Gasteiger partial charge in [-0.15, -0.1) is 0 Å². The summed E-state index contributed by atoms with van der Waals surface area (Å²) in [6.45, 7) is 1.47. The highest BCUT2D eigenvalue weighted by atomic mass is 79.9. The van der Waals surface area contributed by atoms with Crippen LogP contribution in [0.2, 0.25) is 10.0 Å². The van der Waals surface area contributed by atoms with Crippen LogP contribution in [-0.2, 0) is 9.53 Å². The Morgan fingerprint density at radius 1 is 1.13 bits per heavy atom. The molecule has 2 aromatic carbocycles. The summed E-state index contributed by atoms with van der Waals surface area (Å²) in [4.78, 5) is 24.2. The fourth-order valence-corrected chi connectivity index (χ4v) is 2.47. The lowest BCUT2D eigenvalue weighted by Crippen LogP contribution is -2.30. The number of halogens is 3. The van der Waals surface area contributed by atoms with Gasteiger partial charge in [-0.3, -0.25) is 4.79 Å². The zero-order chi connectivity index (χ0) is 17.0. The van der Waals surface area contributed by atoms with E-state index in [1.807, 2.05) is 0 Å². The van der Waals surface area contributed by atoms with Crippen LogP contribution < -0.4 is 5.32 Å². The molecule has 0 aromatic heterocycles. The molecule has 0 saturated carbocycles. The van der Waals surface area contributed by atoms with E-state index in [1.165, 1.54) is 13.0 Å². The summed E-state index contributed by atoms with van der Waals surface area (Å²) in [5.74, 6) is -1.17. The number of ether oxygens (including phenoxy) is 1. The summed E-state index contributed by atoms with van der Waals surface area (Å²) in [6.07, 6.45) is -1.01. The van der Waals surface area contributed by atoms with Crippen LogP contribution in [-0.4, -0.2) is 18.0 Å². The maximum atomic E-state index is 12.1. The first-order valence-corrected chi connectivity index (χ1v) is 8.15. The van der Waals surface area contributed by atoms with Crippen LogP contribution in [0.25, 0.3) is 0 Å². The van der Waals surface area contributed by atoms with Gasteiger partial charge in [0.05, 0.1) is 21.3 Å². The van der Waals surface area contributed by atoms with E-state index in [1.54, 1.807) is 36.4 Å². The Bertz CT molecular complexity index is 752. The standard InChI is InChI=1S/C16H12BrCl2NO3/c1-9(15(21)20-14-5-3-2-4-13(14)19)23-16(22)11-8-10(17)6-7-12(11)18/h2-9H,1H3,(H,20,21). The van der Waals surface area contributed by atoms with E-state index in [4.69, 9.17) is 27.9 Å². The minimum Gasteiger partial charge on any atom is -0.449 e. The third-order valence-corrected chi connectivity index (χ3v) is 4.09. The second kappa shape index (κ2) is 7.81. The van der Waals surface area contributed by atoms with Crippen molar-refractivity contribution >= 4 is 56.7 Å². The first kappa shape index (κ1) is 17.8. The Morgan fingerprint density at radius 3 is 2.52 bits per heavy atom. The number of amides is 1. The largest absolute Gasteiger partial charge is 0.449 e. The molecule has 0 heterocycles. The monoisotopic (exact) mass is 415 g/mol. The van der Waals surface area contributed by atoms with E-state index in [2.05, 4.69) is 21.2 Å². The van der Waals surface area contributed by atoms with Crippen LogP contribution >= 0.6 is 39.1 Å². The molecule has 4 nitrogen and oxygen atoms in total. The van der Waals surface area contributed by atoms with Crippen molar-refractivity contribution in [3.05, 3.63) is 62.5 Å². The minimum absolute atomic E-state index is 0.179. The van der Waals surface area contributed by atoms with Crippen molar-refractivity contribution in [1.82, 2.24) is 0 Å². The molecule has 0 aliphatic rings. The number of nitrogens with one attached hydrogen (secondary N) is 1. The third kappa shape index (κ3) is 4.70. The van der Waals surface area contributed by atoms with Crippen LogP contribution in [0.5, 0.6) is 0 Å². The average molecular weight is 417 g/mol. The molecule has 0 bridgehead atoms.